The molecule has 0 atom stereocenters. The van der Waals surface area contributed by atoms with E-state index in [2.05, 4.69) is 62.4 Å². The van der Waals surface area contributed by atoms with Crippen LogP contribution in [-0.4, -0.2) is 15.0 Å². The Morgan fingerprint density at radius 3 is 1.30 bits per heavy atom. The van der Waals surface area contributed by atoms with Gasteiger partial charge in [0.15, 0.2) is 0 Å². The first-order valence-electron chi connectivity index (χ1n) is 9.17. The van der Waals surface area contributed by atoms with Gasteiger partial charge in [0.05, 0.1) is 0 Å². The second-order valence-electron chi connectivity index (χ2n) is 6.30. The first-order chi connectivity index (χ1) is 11.3. The van der Waals surface area contributed by atoms with Crippen LogP contribution in [0.2, 0.25) is 0 Å². The van der Waals surface area contributed by atoms with Crippen molar-refractivity contribution in [1.29, 1.82) is 0 Å². The van der Waals surface area contributed by atoms with Crippen molar-refractivity contribution in [3.05, 3.63) is 59.7 Å². The van der Waals surface area contributed by atoms with Crippen LogP contribution in [-0.2, 0) is 12.8 Å². The fourth-order valence-corrected chi connectivity index (χ4v) is 4.46. The van der Waals surface area contributed by atoms with Crippen molar-refractivity contribution in [3.63, 3.8) is 0 Å². The number of rotatable bonds is 10. The fourth-order valence-electron chi connectivity index (χ4n) is 2.74. The standard InChI is InChI=1S/C22H30Se/c1-3-5-7-9-19-11-15-21(16-12-19)23-22-17-13-20(14-18-22)10-8-6-4-2/h11-18H,3-10H2,1-2H3. The van der Waals surface area contributed by atoms with E-state index in [1.807, 2.05) is 0 Å². The molecular weight excluding hydrogens is 343 g/mol. The van der Waals surface area contributed by atoms with E-state index in [-0.39, 0.29) is 0 Å². The van der Waals surface area contributed by atoms with E-state index in [0.717, 1.165) is 0 Å². The minimum atomic E-state index is 0.434. The molecule has 0 aliphatic rings. The molecule has 0 heterocycles. The molecule has 0 spiro atoms. The van der Waals surface area contributed by atoms with Crippen LogP contribution in [0.3, 0.4) is 0 Å². The van der Waals surface area contributed by atoms with E-state index < -0.39 is 0 Å². The SMILES string of the molecule is CCCCCc1ccc([Se]c2ccc(CCCCC)cc2)cc1. The second kappa shape index (κ2) is 10.7. The molecular formula is C22H30Se. The quantitative estimate of drug-likeness (QED) is 0.414. The molecule has 0 radical (unpaired) electrons. The molecule has 0 amide bonds. The number of hydrogen-bond acceptors (Lipinski definition) is 0. The summed E-state index contributed by atoms with van der Waals surface area (Å²) in [7, 11) is 0. The van der Waals surface area contributed by atoms with Crippen molar-refractivity contribution in [2.75, 3.05) is 0 Å². The third kappa shape index (κ3) is 6.94. The van der Waals surface area contributed by atoms with E-state index in [1.54, 1.807) is 0 Å². The zero-order valence-corrected chi connectivity index (χ0v) is 16.4. The maximum atomic E-state index is 2.33. The van der Waals surface area contributed by atoms with Gasteiger partial charge in [-0.25, -0.2) is 0 Å². The molecule has 0 nitrogen and oxygen atoms in total. The number of benzene rings is 2. The molecule has 0 bridgehead atoms. The topological polar surface area (TPSA) is 0 Å². The van der Waals surface area contributed by atoms with Crippen molar-refractivity contribution in [1.82, 2.24) is 0 Å². The van der Waals surface area contributed by atoms with Gasteiger partial charge >= 0.3 is 149 Å². The van der Waals surface area contributed by atoms with Crippen LogP contribution in [0.15, 0.2) is 48.5 Å². The van der Waals surface area contributed by atoms with Gasteiger partial charge < -0.3 is 0 Å². The summed E-state index contributed by atoms with van der Waals surface area (Å²) >= 11 is 0.434. The third-order valence-corrected chi connectivity index (χ3v) is 6.35. The fraction of sp³-hybridized carbons (Fsp3) is 0.455. The molecule has 0 aromatic heterocycles. The van der Waals surface area contributed by atoms with Crippen LogP contribution in [0.4, 0.5) is 0 Å². The van der Waals surface area contributed by atoms with Gasteiger partial charge in [0.25, 0.3) is 0 Å². The summed E-state index contributed by atoms with van der Waals surface area (Å²) in [5.74, 6) is 0. The zero-order chi connectivity index (χ0) is 16.3. The Bertz CT molecular complexity index is 488. The Labute approximate surface area is 148 Å². The van der Waals surface area contributed by atoms with Gasteiger partial charge in [-0.15, -0.1) is 0 Å². The Kier molecular flexibility index (Phi) is 8.50. The maximum absolute atomic E-state index is 2.33. The summed E-state index contributed by atoms with van der Waals surface area (Å²) < 4.78 is 2.96. The monoisotopic (exact) mass is 374 g/mol. The molecule has 0 aliphatic heterocycles. The van der Waals surface area contributed by atoms with Gasteiger partial charge in [-0.05, 0) is 0 Å². The average molecular weight is 373 g/mol. The van der Waals surface area contributed by atoms with E-state index in [0.29, 0.717) is 15.0 Å². The molecule has 0 N–H and O–H groups in total. The van der Waals surface area contributed by atoms with Crippen molar-refractivity contribution in [2.45, 2.75) is 65.2 Å². The molecule has 0 unspecified atom stereocenters. The van der Waals surface area contributed by atoms with Crippen molar-refractivity contribution < 1.29 is 0 Å². The molecule has 0 aliphatic carbocycles. The Morgan fingerprint density at radius 1 is 0.565 bits per heavy atom. The summed E-state index contributed by atoms with van der Waals surface area (Å²) in [6.07, 6.45) is 10.4. The molecule has 2 aromatic rings. The Balaban J connectivity index is 1.84. The number of aryl methyl sites for hydroxylation is 2. The number of hydrogen-bond donors (Lipinski definition) is 0. The van der Waals surface area contributed by atoms with E-state index in [1.165, 1.54) is 71.4 Å². The first kappa shape index (κ1) is 18.3. The van der Waals surface area contributed by atoms with E-state index in [4.69, 9.17) is 0 Å². The van der Waals surface area contributed by atoms with E-state index in [9.17, 15) is 0 Å². The molecule has 2 aromatic carbocycles. The van der Waals surface area contributed by atoms with Gasteiger partial charge in [-0.3, -0.25) is 0 Å². The minimum absolute atomic E-state index is 0.434. The van der Waals surface area contributed by atoms with Crippen LogP contribution in [0.1, 0.15) is 63.5 Å². The second-order valence-corrected chi connectivity index (χ2v) is 8.71. The van der Waals surface area contributed by atoms with Gasteiger partial charge in [0, 0.05) is 0 Å². The van der Waals surface area contributed by atoms with Crippen LogP contribution in [0.5, 0.6) is 0 Å². The van der Waals surface area contributed by atoms with Crippen molar-refractivity contribution in [2.24, 2.45) is 0 Å². The normalized spacial score (nSPS) is 10.9. The van der Waals surface area contributed by atoms with Crippen LogP contribution >= 0.6 is 0 Å². The van der Waals surface area contributed by atoms with Crippen LogP contribution in [0.25, 0.3) is 0 Å². The van der Waals surface area contributed by atoms with Gasteiger partial charge in [0.2, 0.25) is 0 Å². The summed E-state index contributed by atoms with van der Waals surface area (Å²) in [5, 5.41) is 0. The molecule has 0 saturated heterocycles. The summed E-state index contributed by atoms with van der Waals surface area (Å²) in [4.78, 5) is 0. The van der Waals surface area contributed by atoms with Crippen LogP contribution < -0.4 is 8.92 Å². The van der Waals surface area contributed by atoms with Crippen molar-refractivity contribution in [3.8, 4) is 0 Å². The Morgan fingerprint density at radius 2 is 0.957 bits per heavy atom. The molecule has 124 valence electrons. The van der Waals surface area contributed by atoms with Crippen LogP contribution in [0, 0.1) is 0 Å². The Hall–Kier alpha value is -1.04. The summed E-state index contributed by atoms with van der Waals surface area (Å²) in [5.41, 5.74) is 2.98. The predicted octanol–water partition coefficient (Wildman–Crippen LogP) is 4.81. The van der Waals surface area contributed by atoms with Gasteiger partial charge in [-0.1, -0.05) is 0 Å². The summed E-state index contributed by atoms with van der Waals surface area (Å²) in [6, 6.07) is 18.6. The molecule has 23 heavy (non-hydrogen) atoms. The molecule has 0 fully saturated rings. The molecule has 2 rings (SSSR count). The average Bonchev–Trinajstić information content (AvgIpc) is 2.58. The predicted molar refractivity (Wildman–Crippen MR) is 104 cm³/mol. The van der Waals surface area contributed by atoms with Gasteiger partial charge in [0.1, 0.15) is 0 Å². The first-order valence-corrected chi connectivity index (χ1v) is 10.9. The van der Waals surface area contributed by atoms with Crippen molar-refractivity contribution >= 4 is 23.9 Å². The third-order valence-electron chi connectivity index (χ3n) is 4.22. The summed E-state index contributed by atoms with van der Waals surface area (Å²) in [6.45, 7) is 4.53. The zero-order valence-electron chi connectivity index (χ0n) is 14.7. The molecule has 1 heteroatoms. The van der Waals surface area contributed by atoms with E-state index >= 15 is 0 Å². The van der Waals surface area contributed by atoms with Gasteiger partial charge in [-0.2, -0.15) is 0 Å². The molecule has 0 saturated carbocycles. The number of unbranched alkanes of at least 4 members (excludes halogenated alkanes) is 4.